The Morgan fingerprint density at radius 2 is 1.92 bits per heavy atom. The van der Waals surface area contributed by atoms with Gasteiger partial charge in [-0.2, -0.15) is 0 Å². The summed E-state index contributed by atoms with van der Waals surface area (Å²) in [6, 6.07) is 19.0. The summed E-state index contributed by atoms with van der Waals surface area (Å²) >= 11 is 2.33. The van der Waals surface area contributed by atoms with Gasteiger partial charge in [0.25, 0.3) is 0 Å². The molecule has 1 N–H and O–H groups in total. The van der Waals surface area contributed by atoms with E-state index in [1.807, 2.05) is 6.07 Å². The fraction of sp³-hybridized carbons (Fsp3) is 0.190. The van der Waals surface area contributed by atoms with Crippen LogP contribution in [-0.4, -0.2) is 19.6 Å². The Morgan fingerprint density at radius 3 is 2.64 bits per heavy atom. The van der Waals surface area contributed by atoms with Crippen molar-refractivity contribution < 1.29 is 9.53 Å². The fourth-order valence-corrected chi connectivity index (χ4v) is 3.50. The number of nitrogens with one attached hydrogen (secondary N) is 1. The predicted molar refractivity (Wildman–Crippen MR) is 111 cm³/mol. The first kappa shape index (κ1) is 17.7. The van der Waals surface area contributed by atoms with Crippen LogP contribution in [0.2, 0.25) is 0 Å². The summed E-state index contributed by atoms with van der Waals surface area (Å²) < 4.78 is 6.59. The van der Waals surface area contributed by atoms with Crippen LogP contribution < -0.4 is 10.1 Å². The van der Waals surface area contributed by atoms with Crippen molar-refractivity contribution in [1.29, 1.82) is 0 Å². The molecule has 0 bridgehead atoms. The van der Waals surface area contributed by atoms with E-state index in [0.29, 0.717) is 6.54 Å². The highest BCUT2D eigenvalue weighted by atomic mass is 127. The van der Waals surface area contributed by atoms with Gasteiger partial charge >= 0.3 is 0 Å². The molecule has 0 spiro atoms. The molecule has 128 valence electrons. The summed E-state index contributed by atoms with van der Waals surface area (Å²) in [5, 5.41) is 5.23. The second-order valence-electron chi connectivity index (χ2n) is 5.97. The molecule has 0 aliphatic heterocycles. The zero-order valence-electron chi connectivity index (χ0n) is 14.3. The second-order valence-corrected chi connectivity index (χ2v) is 7.21. The fourth-order valence-electron chi connectivity index (χ4n) is 2.96. The molecule has 1 amide bonds. The molecule has 3 nitrogen and oxygen atoms in total. The quantitative estimate of drug-likeness (QED) is 0.574. The number of ether oxygens (including phenoxy) is 1. The summed E-state index contributed by atoms with van der Waals surface area (Å²) in [6.45, 7) is 2.17. The van der Waals surface area contributed by atoms with Gasteiger partial charge in [0.15, 0.2) is 0 Å². The molecule has 0 heterocycles. The molecule has 3 aromatic rings. The van der Waals surface area contributed by atoms with Crippen molar-refractivity contribution in [3.8, 4) is 16.9 Å². The molecular formula is C21H20INO2. The molecule has 3 aromatic carbocycles. The Balaban J connectivity index is 2.08. The number of halogens is 1. The van der Waals surface area contributed by atoms with Crippen LogP contribution in [0.4, 0.5) is 0 Å². The van der Waals surface area contributed by atoms with Crippen LogP contribution in [0.15, 0.2) is 54.6 Å². The lowest BCUT2D eigenvalue weighted by Crippen LogP contribution is -2.22. The zero-order valence-corrected chi connectivity index (χ0v) is 16.5. The summed E-state index contributed by atoms with van der Waals surface area (Å²) in [5.74, 6) is 0.839. The van der Waals surface area contributed by atoms with Crippen LogP contribution in [0.1, 0.15) is 12.5 Å². The van der Waals surface area contributed by atoms with Gasteiger partial charge in [0.05, 0.1) is 7.11 Å². The van der Waals surface area contributed by atoms with Crippen LogP contribution in [0.5, 0.6) is 5.75 Å². The Hall–Kier alpha value is -2.08. The molecule has 0 aliphatic rings. The van der Waals surface area contributed by atoms with Crippen LogP contribution in [0.25, 0.3) is 21.9 Å². The molecule has 0 aromatic heterocycles. The smallest absolute Gasteiger partial charge is 0.216 e. The van der Waals surface area contributed by atoms with Gasteiger partial charge in [-0.05, 0) is 86.8 Å². The Labute approximate surface area is 161 Å². The van der Waals surface area contributed by atoms with Crippen LogP contribution in [0.3, 0.4) is 0 Å². The van der Waals surface area contributed by atoms with Crippen LogP contribution in [-0.2, 0) is 11.2 Å². The normalized spacial score (nSPS) is 10.7. The van der Waals surface area contributed by atoms with Crippen molar-refractivity contribution in [3.63, 3.8) is 0 Å². The number of rotatable bonds is 5. The lowest BCUT2D eigenvalue weighted by Gasteiger charge is -2.13. The average molecular weight is 445 g/mol. The van der Waals surface area contributed by atoms with Gasteiger partial charge in [-0.15, -0.1) is 0 Å². The van der Waals surface area contributed by atoms with Gasteiger partial charge in [0, 0.05) is 17.0 Å². The van der Waals surface area contributed by atoms with E-state index in [4.69, 9.17) is 4.74 Å². The zero-order chi connectivity index (χ0) is 17.8. The largest absolute Gasteiger partial charge is 0.497 e. The molecule has 0 unspecified atom stereocenters. The third-order valence-corrected chi connectivity index (χ3v) is 4.84. The summed E-state index contributed by atoms with van der Waals surface area (Å²) in [4.78, 5) is 11.2. The van der Waals surface area contributed by atoms with Gasteiger partial charge in [0.2, 0.25) is 5.91 Å². The van der Waals surface area contributed by atoms with E-state index >= 15 is 0 Å². The number of hydrogen-bond donors (Lipinski definition) is 1. The van der Waals surface area contributed by atoms with Crippen molar-refractivity contribution in [3.05, 3.63) is 63.7 Å². The summed E-state index contributed by atoms with van der Waals surface area (Å²) in [5.41, 5.74) is 3.60. The first-order valence-corrected chi connectivity index (χ1v) is 9.26. The van der Waals surface area contributed by atoms with E-state index in [1.165, 1.54) is 31.0 Å². The van der Waals surface area contributed by atoms with Gasteiger partial charge in [-0.3, -0.25) is 4.79 Å². The van der Waals surface area contributed by atoms with Crippen LogP contribution >= 0.6 is 22.6 Å². The lowest BCUT2D eigenvalue weighted by molar-refractivity contribution is -0.118. The van der Waals surface area contributed by atoms with E-state index in [-0.39, 0.29) is 5.91 Å². The van der Waals surface area contributed by atoms with Gasteiger partial charge in [0.1, 0.15) is 5.75 Å². The SMILES string of the molecule is COc1ccc2cc(-c3cccc(I)c3)cc(CCNC(C)=O)c2c1. The molecule has 0 radical (unpaired) electrons. The molecule has 0 fully saturated rings. The van der Waals surface area contributed by atoms with Crippen LogP contribution in [0, 0.1) is 3.57 Å². The van der Waals surface area contributed by atoms with E-state index in [2.05, 4.69) is 76.4 Å². The van der Waals surface area contributed by atoms with Gasteiger partial charge < -0.3 is 10.1 Å². The summed E-state index contributed by atoms with van der Waals surface area (Å²) in [7, 11) is 1.68. The van der Waals surface area contributed by atoms with E-state index in [0.717, 1.165) is 12.2 Å². The molecule has 0 saturated carbocycles. The van der Waals surface area contributed by atoms with Crippen molar-refractivity contribution in [1.82, 2.24) is 5.32 Å². The summed E-state index contributed by atoms with van der Waals surface area (Å²) in [6.07, 6.45) is 0.779. The van der Waals surface area contributed by atoms with Gasteiger partial charge in [-0.1, -0.05) is 24.3 Å². The number of carbonyl (C=O) groups is 1. The number of amides is 1. The maximum atomic E-state index is 11.2. The van der Waals surface area contributed by atoms with E-state index < -0.39 is 0 Å². The standard InChI is InChI=1S/C21H20INO2/c1-14(24)23-9-8-17-11-18(15-4-3-5-19(22)12-15)10-16-6-7-20(25-2)13-21(16)17/h3-7,10-13H,8-9H2,1-2H3,(H,23,24). The minimum absolute atomic E-state index is 0.00402. The maximum absolute atomic E-state index is 11.2. The minimum atomic E-state index is -0.00402. The van der Waals surface area contributed by atoms with Gasteiger partial charge in [-0.25, -0.2) is 0 Å². The lowest BCUT2D eigenvalue weighted by atomic mass is 9.95. The first-order chi connectivity index (χ1) is 12.1. The van der Waals surface area contributed by atoms with E-state index in [1.54, 1.807) is 14.0 Å². The minimum Gasteiger partial charge on any atom is -0.497 e. The Bertz CT molecular complexity index is 921. The van der Waals surface area contributed by atoms with Crippen molar-refractivity contribution in [2.75, 3.05) is 13.7 Å². The first-order valence-electron chi connectivity index (χ1n) is 8.18. The highest BCUT2D eigenvalue weighted by Crippen LogP contribution is 2.31. The number of carbonyl (C=O) groups excluding carboxylic acids is 1. The van der Waals surface area contributed by atoms with E-state index in [9.17, 15) is 4.79 Å². The maximum Gasteiger partial charge on any atom is 0.216 e. The Kier molecular flexibility index (Phi) is 5.58. The van der Waals surface area contributed by atoms with Crippen molar-refractivity contribution >= 4 is 39.3 Å². The molecule has 3 rings (SSSR count). The number of benzene rings is 3. The molecule has 0 aliphatic carbocycles. The molecule has 0 atom stereocenters. The average Bonchev–Trinajstić information content (AvgIpc) is 2.60. The second kappa shape index (κ2) is 7.87. The molecule has 25 heavy (non-hydrogen) atoms. The third-order valence-electron chi connectivity index (χ3n) is 4.17. The molecule has 0 saturated heterocycles. The highest BCUT2D eigenvalue weighted by Gasteiger charge is 2.08. The Morgan fingerprint density at radius 1 is 1.08 bits per heavy atom. The number of methoxy groups -OCH3 is 1. The topological polar surface area (TPSA) is 38.3 Å². The molecular weight excluding hydrogens is 425 g/mol. The van der Waals surface area contributed by atoms with Crippen molar-refractivity contribution in [2.45, 2.75) is 13.3 Å². The predicted octanol–water partition coefficient (Wildman–Crippen LogP) is 4.80. The number of fused-ring (bicyclic) bond motifs is 1. The van der Waals surface area contributed by atoms with Crippen molar-refractivity contribution in [2.24, 2.45) is 0 Å². The molecule has 4 heteroatoms. The monoisotopic (exact) mass is 445 g/mol. The third kappa shape index (κ3) is 4.31. The highest BCUT2D eigenvalue weighted by molar-refractivity contribution is 14.1. The number of hydrogen-bond acceptors (Lipinski definition) is 2.